The molecule has 0 unspecified atom stereocenters. The molecular weight excluding hydrogens is 346 g/mol. The molecule has 2 aromatic rings. The van der Waals surface area contributed by atoms with Crippen LogP contribution in [0.5, 0.6) is 0 Å². The van der Waals surface area contributed by atoms with Crippen LogP contribution in [0.4, 0.5) is 5.69 Å². The molecule has 0 spiro atoms. The van der Waals surface area contributed by atoms with Crippen LogP contribution in [0.2, 0.25) is 5.02 Å². The van der Waals surface area contributed by atoms with Crippen LogP contribution in [0.1, 0.15) is 37.8 Å². The molecule has 0 atom stereocenters. The van der Waals surface area contributed by atoms with Crippen LogP contribution in [0.25, 0.3) is 0 Å². The standard InChI is InChI=1S/C22H22ClNO2/c1-14-4-10-17(11-5-14)24-21(15-6-8-16(23)9-7-15)20-18(25)12-22(2,3)13-19(20)26/h4-11,25H,12-13H2,1-3H3. The van der Waals surface area contributed by atoms with Crippen molar-refractivity contribution in [1.29, 1.82) is 0 Å². The van der Waals surface area contributed by atoms with Crippen molar-refractivity contribution in [2.45, 2.75) is 33.6 Å². The maximum absolute atomic E-state index is 12.8. The minimum atomic E-state index is -0.250. The van der Waals surface area contributed by atoms with Crippen molar-refractivity contribution in [2.24, 2.45) is 10.4 Å². The first-order valence-corrected chi connectivity index (χ1v) is 9.00. The van der Waals surface area contributed by atoms with Crippen LogP contribution in [0.15, 0.2) is 64.9 Å². The molecule has 3 nitrogen and oxygen atoms in total. The molecule has 1 aliphatic rings. The summed E-state index contributed by atoms with van der Waals surface area (Å²) in [7, 11) is 0. The van der Waals surface area contributed by atoms with Crippen molar-refractivity contribution in [2.75, 3.05) is 0 Å². The van der Waals surface area contributed by atoms with Gasteiger partial charge in [0, 0.05) is 23.4 Å². The molecule has 0 saturated carbocycles. The average molecular weight is 368 g/mol. The van der Waals surface area contributed by atoms with E-state index >= 15 is 0 Å². The van der Waals surface area contributed by atoms with Crippen molar-refractivity contribution in [3.05, 3.63) is 76.0 Å². The number of nitrogens with zero attached hydrogens (tertiary/aromatic N) is 1. The molecule has 0 saturated heterocycles. The Morgan fingerprint density at radius 3 is 2.23 bits per heavy atom. The number of ketones is 1. The highest BCUT2D eigenvalue weighted by atomic mass is 35.5. The highest BCUT2D eigenvalue weighted by Crippen LogP contribution is 2.37. The van der Waals surface area contributed by atoms with E-state index in [9.17, 15) is 9.90 Å². The molecule has 2 aromatic carbocycles. The molecule has 0 amide bonds. The number of aliphatic hydroxyl groups is 1. The van der Waals surface area contributed by atoms with Gasteiger partial charge >= 0.3 is 0 Å². The fourth-order valence-corrected chi connectivity index (χ4v) is 3.30. The van der Waals surface area contributed by atoms with Gasteiger partial charge in [-0.25, -0.2) is 4.99 Å². The minimum absolute atomic E-state index is 0.0837. The van der Waals surface area contributed by atoms with Crippen LogP contribution in [-0.4, -0.2) is 16.6 Å². The molecule has 0 heterocycles. The average Bonchev–Trinajstić information content (AvgIpc) is 2.55. The molecular formula is C22H22ClNO2. The molecule has 1 N–H and O–H groups in total. The van der Waals surface area contributed by atoms with Gasteiger partial charge in [0.2, 0.25) is 0 Å². The second-order valence-corrected chi connectivity index (χ2v) is 8.00. The Balaban J connectivity index is 2.16. The summed E-state index contributed by atoms with van der Waals surface area (Å²) >= 11 is 6.01. The third kappa shape index (κ3) is 4.05. The van der Waals surface area contributed by atoms with E-state index in [0.717, 1.165) is 16.8 Å². The Labute approximate surface area is 159 Å². The highest BCUT2D eigenvalue weighted by molar-refractivity contribution is 6.32. The number of carbonyl (C=O) groups excluding carboxylic acids is 1. The number of aliphatic imine (C=N–C) groups is 1. The molecule has 134 valence electrons. The van der Waals surface area contributed by atoms with Crippen LogP contribution in [0, 0.1) is 12.3 Å². The lowest BCUT2D eigenvalue weighted by atomic mass is 9.75. The van der Waals surface area contributed by atoms with Gasteiger partial charge in [-0.2, -0.15) is 0 Å². The molecule has 26 heavy (non-hydrogen) atoms. The summed E-state index contributed by atoms with van der Waals surface area (Å²) in [5.41, 5.74) is 3.17. The van der Waals surface area contributed by atoms with Gasteiger partial charge in [-0.3, -0.25) is 4.79 Å². The molecule has 0 bridgehead atoms. The first-order valence-electron chi connectivity index (χ1n) is 8.62. The van der Waals surface area contributed by atoms with E-state index in [0.29, 0.717) is 29.1 Å². The third-order valence-electron chi connectivity index (χ3n) is 4.48. The Hall–Kier alpha value is -2.39. The van der Waals surface area contributed by atoms with Crippen LogP contribution in [-0.2, 0) is 4.79 Å². The van der Waals surface area contributed by atoms with Crippen molar-refractivity contribution in [3.8, 4) is 0 Å². The Morgan fingerprint density at radius 1 is 1.04 bits per heavy atom. The number of rotatable bonds is 3. The number of benzene rings is 2. The fraction of sp³-hybridized carbons (Fsp3) is 0.273. The van der Waals surface area contributed by atoms with Crippen molar-refractivity contribution >= 4 is 28.8 Å². The number of aryl methyl sites for hydroxylation is 1. The summed E-state index contributed by atoms with van der Waals surface area (Å²) in [4.78, 5) is 17.5. The topological polar surface area (TPSA) is 49.7 Å². The van der Waals surface area contributed by atoms with E-state index in [1.165, 1.54) is 0 Å². The number of carbonyl (C=O) groups is 1. The largest absolute Gasteiger partial charge is 0.511 e. The Bertz CT molecular complexity index is 891. The third-order valence-corrected chi connectivity index (χ3v) is 4.73. The molecule has 0 aromatic heterocycles. The summed E-state index contributed by atoms with van der Waals surface area (Å²) in [5.74, 6) is 0.0200. The van der Waals surface area contributed by atoms with Crippen LogP contribution < -0.4 is 0 Å². The first kappa shape index (κ1) is 18.4. The summed E-state index contributed by atoms with van der Waals surface area (Å²) in [6, 6.07) is 14.9. The number of Topliss-reactive ketones (excluding diaryl/α,β-unsaturated/α-hetero) is 1. The normalized spacial score (nSPS) is 17.5. The zero-order chi connectivity index (χ0) is 18.9. The van der Waals surface area contributed by atoms with Gasteiger partial charge in [-0.05, 0) is 36.6 Å². The number of hydrogen-bond donors (Lipinski definition) is 1. The maximum Gasteiger partial charge on any atom is 0.168 e. The van der Waals surface area contributed by atoms with E-state index in [2.05, 4.69) is 0 Å². The number of aliphatic hydroxyl groups excluding tert-OH is 1. The van der Waals surface area contributed by atoms with Gasteiger partial charge in [0.1, 0.15) is 5.76 Å². The predicted octanol–water partition coefficient (Wildman–Crippen LogP) is 5.97. The molecule has 0 fully saturated rings. The smallest absolute Gasteiger partial charge is 0.168 e. The maximum atomic E-state index is 12.8. The first-order chi connectivity index (χ1) is 12.2. The quantitative estimate of drug-likeness (QED) is 0.679. The monoisotopic (exact) mass is 367 g/mol. The van der Waals surface area contributed by atoms with E-state index < -0.39 is 0 Å². The van der Waals surface area contributed by atoms with Crippen molar-refractivity contribution in [1.82, 2.24) is 0 Å². The highest BCUT2D eigenvalue weighted by Gasteiger charge is 2.35. The van der Waals surface area contributed by atoms with Gasteiger partial charge in [-0.15, -0.1) is 0 Å². The predicted molar refractivity (Wildman–Crippen MR) is 107 cm³/mol. The Kier molecular flexibility index (Phi) is 5.01. The minimum Gasteiger partial charge on any atom is -0.511 e. The Morgan fingerprint density at radius 2 is 1.65 bits per heavy atom. The van der Waals surface area contributed by atoms with E-state index in [4.69, 9.17) is 16.6 Å². The van der Waals surface area contributed by atoms with Crippen LogP contribution in [0.3, 0.4) is 0 Å². The van der Waals surface area contributed by atoms with E-state index in [1.54, 1.807) is 12.1 Å². The zero-order valence-electron chi connectivity index (χ0n) is 15.2. The number of halogens is 1. The summed E-state index contributed by atoms with van der Waals surface area (Å²) in [6.45, 7) is 5.97. The molecule has 1 aliphatic carbocycles. The summed E-state index contributed by atoms with van der Waals surface area (Å²) < 4.78 is 0. The second-order valence-electron chi connectivity index (χ2n) is 7.57. The number of allylic oxidation sites excluding steroid dienone is 2. The van der Waals surface area contributed by atoms with Crippen LogP contribution >= 0.6 is 11.6 Å². The van der Waals surface area contributed by atoms with E-state index in [-0.39, 0.29) is 17.0 Å². The van der Waals surface area contributed by atoms with Crippen molar-refractivity contribution < 1.29 is 9.90 Å². The van der Waals surface area contributed by atoms with Gasteiger partial charge in [0.05, 0.1) is 17.0 Å². The van der Waals surface area contributed by atoms with Crippen molar-refractivity contribution in [3.63, 3.8) is 0 Å². The van der Waals surface area contributed by atoms with E-state index in [1.807, 2.05) is 57.2 Å². The summed E-state index contributed by atoms with van der Waals surface area (Å²) in [6.07, 6.45) is 0.835. The number of hydrogen-bond acceptors (Lipinski definition) is 3. The van der Waals surface area contributed by atoms with Gasteiger partial charge in [-0.1, -0.05) is 55.3 Å². The molecule has 0 aliphatic heterocycles. The SMILES string of the molecule is Cc1ccc(N=C(C2=C(O)CC(C)(C)CC2=O)c2ccc(Cl)cc2)cc1. The van der Waals surface area contributed by atoms with Gasteiger partial charge in [0.15, 0.2) is 5.78 Å². The fourth-order valence-electron chi connectivity index (χ4n) is 3.18. The lowest BCUT2D eigenvalue weighted by Crippen LogP contribution is -2.29. The molecule has 0 radical (unpaired) electrons. The van der Waals surface area contributed by atoms with Gasteiger partial charge < -0.3 is 5.11 Å². The lowest BCUT2D eigenvalue weighted by molar-refractivity contribution is -0.117. The van der Waals surface area contributed by atoms with Gasteiger partial charge in [0.25, 0.3) is 0 Å². The lowest BCUT2D eigenvalue weighted by Gasteiger charge is -2.30. The molecule has 3 rings (SSSR count). The second kappa shape index (κ2) is 7.08. The summed E-state index contributed by atoms with van der Waals surface area (Å²) in [5, 5.41) is 11.2. The molecule has 4 heteroatoms. The zero-order valence-corrected chi connectivity index (χ0v) is 16.0.